The van der Waals surface area contributed by atoms with Crippen molar-refractivity contribution >= 4 is 17.4 Å². The maximum atomic E-state index is 5.94. The number of rotatable bonds is 3. The van der Waals surface area contributed by atoms with Crippen LogP contribution < -0.4 is 4.90 Å². The summed E-state index contributed by atoms with van der Waals surface area (Å²) in [7, 11) is 1.61. The predicted molar refractivity (Wildman–Crippen MR) is 60.8 cm³/mol. The Balaban J connectivity index is 2.18. The van der Waals surface area contributed by atoms with Crippen LogP contribution in [-0.4, -0.2) is 43.4 Å². The second-order valence-corrected chi connectivity index (χ2v) is 3.88. The Morgan fingerprint density at radius 1 is 1.44 bits per heavy atom. The molecule has 5 nitrogen and oxygen atoms in total. The standard InChI is InChI=1S/C10H14ClN3O2/c1-15-7-9-12-8(11)6-10(13-9)14-2-4-16-5-3-14/h6H,2-5,7H2,1H3. The summed E-state index contributed by atoms with van der Waals surface area (Å²) in [5.41, 5.74) is 0. The molecule has 1 aromatic heterocycles. The van der Waals surface area contributed by atoms with Gasteiger partial charge < -0.3 is 14.4 Å². The fraction of sp³-hybridized carbons (Fsp3) is 0.600. The number of hydrogen-bond acceptors (Lipinski definition) is 5. The van der Waals surface area contributed by atoms with Gasteiger partial charge >= 0.3 is 0 Å². The zero-order valence-corrected chi connectivity index (χ0v) is 9.90. The van der Waals surface area contributed by atoms with Crippen LogP contribution in [0.25, 0.3) is 0 Å². The fourth-order valence-electron chi connectivity index (χ4n) is 1.60. The van der Waals surface area contributed by atoms with E-state index in [0.717, 1.165) is 32.1 Å². The summed E-state index contributed by atoms with van der Waals surface area (Å²) < 4.78 is 10.3. The summed E-state index contributed by atoms with van der Waals surface area (Å²) in [6.07, 6.45) is 0. The number of nitrogens with zero attached hydrogens (tertiary/aromatic N) is 3. The average molecular weight is 244 g/mol. The van der Waals surface area contributed by atoms with Crippen molar-refractivity contribution in [3.8, 4) is 0 Å². The number of ether oxygens (including phenoxy) is 2. The van der Waals surface area contributed by atoms with Gasteiger partial charge in [0, 0.05) is 26.3 Å². The van der Waals surface area contributed by atoms with E-state index in [0.29, 0.717) is 17.6 Å². The highest BCUT2D eigenvalue weighted by Crippen LogP contribution is 2.17. The van der Waals surface area contributed by atoms with Crippen LogP contribution in [0.1, 0.15) is 5.82 Å². The molecule has 1 fully saturated rings. The van der Waals surface area contributed by atoms with Gasteiger partial charge in [-0.1, -0.05) is 11.6 Å². The molecular formula is C10H14ClN3O2. The van der Waals surface area contributed by atoms with E-state index in [9.17, 15) is 0 Å². The molecule has 0 unspecified atom stereocenters. The number of hydrogen-bond donors (Lipinski definition) is 0. The van der Waals surface area contributed by atoms with Crippen molar-refractivity contribution in [2.75, 3.05) is 38.3 Å². The number of methoxy groups -OCH3 is 1. The molecule has 0 N–H and O–H groups in total. The first kappa shape index (κ1) is 11.6. The monoisotopic (exact) mass is 243 g/mol. The topological polar surface area (TPSA) is 47.5 Å². The van der Waals surface area contributed by atoms with Gasteiger partial charge in [-0.05, 0) is 0 Å². The average Bonchev–Trinajstić information content (AvgIpc) is 2.30. The lowest BCUT2D eigenvalue weighted by Crippen LogP contribution is -2.37. The SMILES string of the molecule is COCc1nc(Cl)cc(N2CCOCC2)n1. The minimum absolute atomic E-state index is 0.373. The van der Waals surface area contributed by atoms with E-state index in [2.05, 4.69) is 14.9 Å². The van der Waals surface area contributed by atoms with Gasteiger partial charge in [0.25, 0.3) is 0 Å². The first-order chi connectivity index (χ1) is 7.79. The summed E-state index contributed by atoms with van der Waals surface area (Å²) in [4.78, 5) is 10.6. The van der Waals surface area contributed by atoms with Crippen LogP contribution in [0.15, 0.2) is 6.07 Å². The Bertz CT molecular complexity index is 356. The van der Waals surface area contributed by atoms with Crippen molar-refractivity contribution in [3.63, 3.8) is 0 Å². The molecule has 0 saturated carbocycles. The number of morpholine rings is 1. The highest BCUT2D eigenvalue weighted by atomic mass is 35.5. The molecule has 2 heterocycles. The second-order valence-electron chi connectivity index (χ2n) is 3.50. The molecule has 0 aliphatic carbocycles. The van der Waals surface area contributed by atoms with Gasteiger partial charge in [-0.15, -0.1) is 0 Å². The van der Waals surface area contributed by atoms with Crippen LogP contribution >= 0.6 is 11.6 Å². The zero-order valence-electron chi connectivity index (χ0n) is 9.15. The molecule has 0 atom stereocenters. The largest absolute Gasteiger partial charge is 0.378 e. The number of aromatic nitrogens is 2. The lowest BCUT2D eigenvalue weighted by Gasteiger charge is -2.27. The van der Waals surface area contributed by atoms with Gasteiger partial charge in [0.05, 0.1) is 13.2 Å². The molecule has 2 rings (SSSR count). The molecule has 0 spiro atoms. The van der Waals surface area contributed by atoms with E-state index in [1.165, 1.54) is 0 Å². The van der Waals surface area contributed by atoms with Gasteiger partial charge in [0.1, 0.15) is 17.6 Å². The third-order valence-electron chi connectivity index (χ3n) is 2.34. The van der Waals surface area contributed by atoms with E-state index >= 15 is 0 Å². The van der Waals surface area contributed by atoms with E-state index in [1.54, 1.807) is 13.2 Å². The van der Waals surface area contributed by atoms with Gasteiger partial charge in [-0.3, -0.25) is 0 Å². The number of halogens is 1. The van der Waals surface area contributed by atoms with Crippen molar-refractivity contribution in [1.82, 2.24) is 9.97 Å². The minimum Gasteiger partial charge on any atom is -0.378 e. The fourth-order valence-corrected chi connectivity index (χ4v) is 1.79. The Morgan fingerprint density at radius 3 is 2.88 bits per heavy atom. The quantitative estimate of drug-likeness (QED) is 0.745. The highest BCUT2D eigenvalue weighted by molar-refractivity contribution is 6.29. The molecule has 1 saturated heterocycles. The van der Waals surface area contributed by atoms with Crippen LogP contribution in [0, 0.1) is 0 Å². The van der Waals surface area contributed by atoms with E-state index in [1.807, 2.05) is 0 Å². The Hall–Kier alpha value is -0.910. The van der Waals surface area contributed by atoms with Crippen LogP contribution in [0.2, 0.25) is 5.15 Å². The lowest BCUT2D eigenvalue weighted by molar-refractivity contribution is 0.122. The second kappa shape index (κ2) is 5.43. The lowest BCUT2D eigenvalue weighted by atomic mass is 10.4. The molecule has 0 radical (unpaired) electrons. The third kappa shape index (κ3) is 2.81. The molecule has 88 valence electrons. The van der Waals surface area contributed by atoms with E-state index in [4.69, 9.17) is 21.1 Å². The molecule has 1 aliphatic rings. The van der Waals surface area contributed by atoms with Gasteiger partial charge in [-0.2, -0.15) is 0 Å². The van der Waals surface area contributed by atoms with E-state index < -0.39 is 0 Å². The smallest absolute Gasteiger partial charge is 0.158 e. The van der Waals surface area contributed by atoms with Crippen LogP contribution in [0.5, 0.6) is 0 Å². The minimum atomic E-state index is 0.373. The zero-order chi connectivity index (χ0) is 11.4. The number of anilines is 1. The Kier molecular flexibility index (Phi) is 3.93. The Labute approximate surface area is 99.3 Å². The summed E-state index contributed by atoms with van der Waals surface area (Å²) in [5.74, 6) is 1.45. The first-order valence-electron chi connectivity index (χ1n) is 5.14. The molecule has 0 aromatic carbocycles. The van der Waals surface area contributed by atoms with Gasteiger partial charge in [0.2, 0.25) is 0 Å². The summed E-state index contributed by atoms with van der Waals surface area (Å²) in [5, 5.41) is 0.448. The normalized spacial score (nSPS) is 16.5. The third-order valence-corrected chi connectivity index (χ3v) is 2.53. The molecule has 0 amide bonds. The van der Waals surface area contributed by atoms with Crippen molar-refractivity contribution in [1.29, 1.82) is 0 Å². The van der Waals surface area contributed by atoms with Gasteiger partial charge in [0.15, 0.2) is 5.82 Å². The van der Waals surface area contributed by atoms with Crippen LogP contribution in [-0.2, 0) is 16.1 Å². The van der Waals surface area contributed by atoms with Crippen molar-refractivity contribution in [3.05, 3.63) is 17.0 Å². The Morgan fingerprint density at radius 2 is 2.19 bits per heavy atom. The maximum Gasteiger partial charge on any atom is 0.158 e. The summed E-state index contributed by atoms with van der Waals surface area (Å²) in [6.45, 7) is 3.49. The molecule has 1 aliphatic heterocycles. The summed E-state index contributed by atoms with van der Waals surface area (Å²) >= 11 is 5.94. The highest BCUT2D eigenvalue weighted by Gasteiger charge is 2.14. The van der Waals surface area contributed by atoms with Crippen molar-refractivity contribution in [2.24, 2.45) is 0 Å². The van der Waals surface area contributed by atoms with E-state index in [-0.39, 0.29) is 0 Å². The van der Waals surface area contributed by atoms with Crippen LogP contribution in [0.3, 0.4) is 0 Å². The first-order valence-corrected chi connectivity index (χ1v) is 5.52. The summed E-state index contributed by atoms with van der Waals surface area (Å²) in [6, 6.07) is 1.77. The van der Waals surface area contributed by atoms with Crippen molar-refractivity contribution < 1.29 is 9.47 Å². The molecule has 6 heteroatoms. The van der Waals surface area contributed by atoms with Crippen LogP contribution in [0.4, 0.5) is 5.82 Å². The molecule has 16 heavy (non-hydrogen) atoms. The maximum absolute atomic E-state index is 5.94. The molecular weight excluding hydrogens is 230 g/mol. The molecule has 0 bridgehead atoms. The van der Waals surface area contributed by atoms with Gasteiger partial charge in [-0.25, -0.2) is 9.97 Å². The molecule has 1 aromatic rings. The van der Waals surface area contributed by atoms with Crippen molar-refractivity contribution in [2.45, 2.75) is 6.61 Å². The predicted octanol–water partition coefficient (Wildman–Crippen LogP) is 1.11.